The molecular weight excluding hydrogens is 254 g/mol. The van der Waals surface area contributed by atoms with Crippen molar-refractivity contribution in [2.24, 2.45) is 5.73 Å². The van der Waals surface area contributed by atoms with Crippen molar-refractivity contribution in [1.29, 1.82) is 0 Å². The van der Waals surface area contributed by atoms with Crippen molar-refractivity contribution in [1.82, 2.24) is 0 Å². The zero-order valence-electron chi connectivity index (χ0n) is 10.3. The fourth-order valence-corrected chi connectivity index (χ4v) is 5.57. The van der Waals surface area contributed by atoms with E-state index in [9.17, 15) is 8.42 Å². The Hall–Kier alpha value is -0.390. The first kappa shape index (κ1) is 13.1. The molecule has 96 valence electrons. The zero-order valence-corrected chi connectivity index (χ0v) is 11.9. The lowest BCUT2D eigenvalue weighted by molar-refractivity contribution is 0.504. The van der Waals surface area contributed by atoms with Gasteiger partial charge in [-0.2, -0.15) is 0 Å². The van der Waals surface area contributed by atoms with Crippen LogP contribution in [0, 0.1) is 13.8 Å². The molecule has 0 aliphatic carbocycles. The maximum absolute atomic E-state index is 12.0. The van der Waals surface area contributed by atoms with Crippen LogP contribution in [0.1, 0.15) is 40.6 Å². The van der Waals surface area contributed by atoms with Gasteiger partial charge in [-0.05, 0) is 38.3 Å². The van der Waals surface area contributed by atoms with Gasteiger partial charge in [-0.3, -0.25) is 0 Å². The summed E-state index contributed by atoms with van der Waals surface area (Å²) in [7, 11) is -3.00. The summed E-state index contributed by atoms with van der Waals surface area (Å²) in [5.41, 5.74) is 7.20. The number of thiophene rings is 1. The highest BCUT2D eigenvalue weighted by Gasteiger charge is 2.35. The van der Waals surface area contributed by atoms with Gasteiger partial charge in [0.2, 0.25) is 0 Å². The summed E-state index contributed by atoms with van der Waals surface area (Å²) in [5, 5.41) is -0.385. The molecule has 2 unspecified atom stereocenters. The largest absolute Gasteiger partial charge is 0.323 e. The predicted molar refractivity (Wildman–Crippen MR) is 72.1 cm³/mol. The number of nitrogens with two attached hydrogens (primary N) is 1. The Morgan fingerprint density at radius 1 is 1.41 bits per heavy atom. The van der Waals surface area contributed by atoms with Gasteiger partial charge >= 0.3 is 0 Å². The topological polar surface area (TPSA) is 60.2 Å². The quantitative estimate of drug-likeness (QED) is 0.899. The van der Waals surface area contributed by atoms with E-state index in [1.807, 2.05) is 19.9 Å². The molecule has 3 nitrogen and oxygen atoms in total. The first-order chi connectivity index (χ1) is 7.92. The fourth-order valence-electron chi connectivity index (χ4n) is 2.56. The highest BCUT2D eigenvalue weighted by atomic mass is 32.2. The van der Waals surface area contributed by atoms with Crippen molar-refractivity contribution in [2.75, 3.05) is 5.75 Å². The molecule has 1 aromatic heterocycles. The summed E-state index contributed by atoms with van der Waals surface area (Å²) in [6.07, 6.45) is 2.46. The van der Waals surface area contributed by atoms with Crippen LogP contribution in [-0.2, 0) is 9.84 Å². The Balaban J connectivity index is 2.31. The molecule has 2 N–H and O–H groups in total. The molecule has 5 heteroatoms. The highest BCUT2D eigenvalue weighted by molar-refractivity contribution is 7.92. The molecule has 1 aliphatic rings. The number of hydrogen-bond donors (Lipinski definition) is 1. The second-order valence-corrected chi connectivity index (χ2v) is 8.60. The minimum absolute atomic E-state index is 0.299. The van der Waals surface area contributed by atoms with Crippen LogP contribution in [0.15, 0.2) is 6.07 Å². The lowest BCUT2D eigenvalue weighted by Crippen LogP contribution is -2.37. The maximum Gasteiger partial charge on any atom is 0.155 e. The molecule has 17 heavy (non-hydrogen) atoms. The predicted octanol–water partition coefficient (Wildman–Crippen LogP) is 2.33. The number of rotatable bonds is 2. The average Bonchev–Trinajstić information content (AvgIpc) is 2.56. The Morgan fingerprint density at radius 3 is 2.65 bits per heavy atom. The summed E-state index contributed by atoms with van der Waals surface area (Å²) < 4.78 is 24.1. The fraction of sp³-hybridized carbons (Fsp3) is 0.667. The van der Waals surface area contributed by atoms with Crippen molar-refractivity contribution in [3.63, 3.8) is 0 Å². The Morgan fingerprint density at radius 2 is 2.12 bits per heavy atom. The van der Waals surface area contributed by atoms with Crippen LogP contribution in [0.4, 0.5) is 0 Å². The minimum Gasteiger partial charge on any atom is -0.323 e. The average molecular weight is 273 g/mol. The highest BCUT2D eigenvalue weighted by Crippen LogP contribution is 2.33. The minimum atomic E-state index is -3.00. The molecule has 0 amide bonds. The molecular formula is C12H19NO2S2. The first-order valence-electron chi connectivity index (χ1n) is 5.96. The molecule has 2 heterocycles. The molecule has 0 radical (unpaired) electrons. The van der Waals surface area contributed by atoms with E-state index in [1.165, 1.54) is 4.88 Å². The van der Waals surface area contributed by atoms with E-state index in [0.717, 1.165) is 23.3 Å². The van der Waals surface area contributed by atoms with Gasteiger partial charge in [0, 0.05) is 15.8 Å². The van der Waals surface area contributed by atoms with Crippen molar-refractivity contribution < 1.29 is 8.42 Å². The summed E-state index contributed by atoms with van der Waals surface area (Å²) in [4.78, 5) is 2.34. The van der Waals surface area contributed by atoms with Crippen LogP contribution < -0.4 is 5.73 Å². The van der Waals surface area contributed by atoms with Crippen molar-refractivity contribution >= 4 is 21.2 Å². The molecule has 2 atom stereocenters. The molecule has 1 aromatic rings. The summed E-state index contributed by atoms with van der Waals surface area (Å²) >= 11 is 1.69. The van der Waals surface area contributed by atoms with Crippen LogP contribution in [0.25, 0.3) is 0 Å². The van der Waals surface area contributed by atoms with Gasteiger partial charge < -0.3 is 5.73 Å². The van der Waals surface area contributed by atoms with Crippen LogP contribution in [0.2, 0.25) is 0 Å². The van der Waals surface area contributed by atoms with Crippen LogP contribution in [0.3, 0.4) is 0 Å². The van der Waals surface area contributed by atoms with Gasteiger partial charge in [0.05, 0.1) is 11.0 Å². The molecule has 0 saturated carbocycles. The van der Waals surface area contributed by atoms with E-state index in [4.69, 9.17) is 5.73 Å². The molecule has 2 rings (SSSR count). The number of aryl methyl sites for hydroxylation is 2. The zero-order chi connectivity index (χ0) is 12.6. The number of hydrogen-bond acceptors (Lipinski definition) is 4. The van der Waals surface area contributed by atoms with Crippen LogP contribution in [-0.4, -0.2) is 19.4 Å². The van der Waals surface area contributed by atoms with Gasteiger partial charge in [0.1, 0.15) is 0 Å². The molecule has 1 saturated heterocycles. The molecule has 0 bridgehead atoms. The Kier molecular flexibility index (Phi) is 3.61. The summed E-state index contributed by atoms with van der Waals surface area (Å²) in [6.45, 7) is 4.05. The van der Waals surface area contributed by atoms with Gasteiger partial charge in [-0.25, -0.2) is 8.42 Å². The third-order valence-corrected chi connectivity index (χ3v) is 6.76. The smallest absolute Gasteiger partial charge is 0.155 e. The van der Waals surface area contributed by atoms with E-state index >= 15 is 0 Å². The molecule has 1 fully saturated rings. The SMILES string of the molecule is Cc1cc(C(N)C2CCCCS2(=O)=O)c(C)s1. The van der Waals surface area contributed by atoms with Gasteiger partial charge in [0.25, 0.3) is 0 Å². The lowest BCUT2D eigenvalue weighted by Gasteiger charge is -2.27. The maximum atomic E-state index is 12.0. The van der Waals surface area contributed by atoms with Gasteiger partial charge in [-0.1, -0.05) is 6.42 Å². The second kappa shape index (κ2) is 4.71. The Bertz CT molecular complexity index is 505. The summed E-state index contributed by atoms with van der Waals surface area (Å²) in [6, 6.07) is 1.68. The van der Waals surface area contributed by atoms with E-state index in [-0.39, 0.29) is 11.3 Å². The lowest BCUT2D eigenvalue weighted by atomic mass is 10.0. The van der Waals surface area contributed by atoms with E-state index in [2.05, 4.69) is 0 Å². The third kappa shape index (κ3) is 2.56. The second-order valence-electron chi connectivity index (χ2n) is 4.80. The van der Waals surface area contributed by atoms with Crippen molar-refractivity contribution in [2.45, 2.75) is 44.4 Å². The first-order valence-corrected chi connectivity index (χ1v) is 8.49. The van der Waals surface area contributed by atoms with Crippen LogP contribution in [0.5, 0.6) is 0 Å². The van der Waals surface area contributed by atoms with Crippen molar-refractivity contribution in [3.8, 4) is 0 Å². The number of sulfone groups is 1. The van der Waals surface area contributed by atoms with Crippen LogP contribution >= 0.6 is 11.3 Å². The summed E-state index contributed by atoms with van der Waals surface area (Å²) in [5.74, 6) is 0.299. The normalized spacial score (nSPS) is 25.7. The van der Waals surface area contributed by atoms with Gasteiger partial charge in [0.15, 0.2) is 9.84 Å². The Labute approximate surface area is 107 Å². The standard InChI is InChI=1S/C12H19NO2S2/c1-8-7-10(9(2)16-8)12(13)11-5-3-4-6-17(11,14)15/h7,11-12H,3-6,13H2,1-2H3. The molecule has 0 aromatic carbocycles. The van der Waals surface area contributed by atoms with Crippen molar-refractivity contribution in [3.05, 3.63) is 21.4 Å². The monoisotopic (exact) mass is 273 g/mol. The third-order valence-electron chi connectivity index (χ3n) is 3.47. The van der Waals surface area contributed by atoms with E-state index in [1.54, 1.807) is 11.3 Å². The van der Waals surface area contributed by atoms with E-state index < -0.39 is 9.84 Å². The molecule has 1 aliphatic heterocycles. The van der Waals surface area contributed by atoms with E-state index in [0.29, 0.717) is 12.2 Å². The molecule has 0 spiro atoms. The van der Waals surface area contributed by atoms with Gasteiger partial charge in [-0.15, -0.1) is 11.3 Å².